The van der Waals surface area contributed by atoms with Gasteiger partial charge in [0.2, 0.25) is 0 Å². The number of nitro benzene ring substituents is 1. The van der Waals surface area contributed by atoms with Crippen molar-refractivity contribution in [1.29, 1.82) is 0 Å². The van der Waals surface area contributed by atoms with E-state index in [1.807, 2.05) is 31.2 Å². The predicted octanol–water partition coefficient (Wildman–Crippen LogP) is 2.60. The first-order valence-corrected chi connectivity index (χ1v) is 6.75. The molecule has 0 bridgehead atoms. The standard InChI is InChI=1S/C16H16N2O4/c1-12-5-2-3-6-13(12)10-17-16(19)11-22-15-8-4-7-14(9-15)18(20)21/h2-9H,10-11H2,1H3,(H,17,19). The molecular weight excluding hydrogens is 284 g/mol. The molecule has 6 nitrogen and oxygen atoms in total. The number of hydrogen-bond donors (Lipinski definition) is 1. The number of ether oxygens (including phenoxy) is 1. The van der Waals surface area contributed by atoms with Gasteiger partial charge in [0.15, 0.2) is 6.61 Å². The molecule has 0 fully saturated rings. The summed E-state index contributed by atoms with van der Waals surface area (Å²) in [5.41, 5.74) is 2.06. The number of non-ortho nitro benzene ring substituents is 1. The van der Waals surface area contributed by atoms with Crippen molar-refractivity contribution in [1.82, 2.24) is 5.32 Å². The first kappa shape index (κ1) is 15.5. The summed E-state index contributed by atoms with van der Waals surface area (Å²) in [6.07, 6.45) is 0. The molecule has 0 saturated heterocycles. The van der Waals surface area contributed by atoms with Gasteiger partial charge >= 0.3 is 0 Å². The maximum atomic E-state index is 11.7. The van der Waals surface area contributed by atoms with Gasteiger partial charge in [-0.25, -0.2) is 0 Å². The maximum Gasteiger partial charge on any atom is 0.273 e. The summed E-state index contributed by atoms with van der Waals surface area (Å²) in [6, 6.07) is 13.5. The predicted molar refractivity (Wildman–Crippen MR) is 81.6 cm³/mol. The lowest BCUT2D eigenvalue weighted by molar-refractivity contribution is -0.384. The van der Waals surface area contributed by atoms with E-state index >= 15 is 0 Å². The summed E-state index contributed by atoms with van der Waals surface area (Å²) in [7, 11) is 0. The van der Waals surface area contributed by atoms with Crippen LogP contribution in [-0.4, -0.2) is 17.4 Å². The third-order valence-corrected chi connectivity index (χ3v) is 3.14. The maximum absolute atomic E-state index is 11.7. The summed E-state index contributed by atoms with van der Waals surface area (Å²) in [6.45, 7) is 2.21. The summed E-state index contributed by atoms with van der Waals surface area (Å²) >= 11 is 0. The molecule has 0 radical (unpaired) electrons. The molecule has 22 heavy (non-hydrogen) atoms. The van der Waals surface area contributed by atoms with E-state index in [1.165, 1.54) is 18.2 Å². The fourth-order valence-electron chi connectivity index (χ4n) is 1.89. The number of rotatable bonds is 6. The van der Waals surface area contributed by atoms with Crippen LogP contribution < -0.4 is 10.1 Å². The van der Waals surface area contributed by atoms with E-state index in [9.17, 15) is 14.9 Å². The fourth-order valence-corrected chi connectivity index (χ4v) is 1.89. The van der Waals surface area contributed by atoms with Crippen LogP contribution in [0.25, 0.3) is 0 Å². The Balaban J connectivity index is 1.84. The third kappa shape index (κ3) is 4.31. The second-order valence-corrected chi connectivity index (χ2v) is 4.75. The van der Waals surface area contributed by atoms with Crippen molar-refractivity contribution in [3.63, 3.8) is 0 Å². The molecule has 114 valence electrons. The molecule has 1 amide bonds. The molecule has 2 rings (SSSR count). The van der Waals surface area contributed by atoms with Crippen molar-refractivity contribution in [2.75, 3.05) is 6.61 Å². The van der Waals surface area contributed by atoms with Gasteiger partial charge in [-0.2, -0.15) is 0 Å². The van der Waals surface area contributed by atoms with Gasteiger partial charge < -0.3 is 10.1 Å². The zero-order valence-electron chi connectivity index (χ0n) is 12.1. The highest BCUT2D eigenvalue weighted by Gasteiger charge is 2.08. The van der Waals surface area contributed by atoms with E-state index < -0.39 is 4.92 Å². The minimum absolute atomic E-state index is 0.0715. The van der Waals surface area contributed by atoms with Crippen LogP contribution in [0.2, 0.25) is 0 Å². The van der Waals surface area contributed by atoms with Crippen molar-refractivity contribution < 1.29 is 14.5 Å². The van der Waals surface area contributed by atoms with Crippen molar-refractivity contribution >= 4 is 11.6 Å². The van der Waals surface area contributed by atoms with E-state index in [2.05, 4.69) is 5.32 Å². The van der Waals surface area contributed by atoms with Crippen LogP contribution in [-0.2, 0) is 11.3 Å². The zero-order valence-corrected chi connectivity index (χ0v) is 12.1. The highest BCUT2D eigenvalue weighted by Crippen LogP contribution is 2.18. The first-order chi connectivity index (χ1) is 10.6. The van der Waals surface area contributed by atoms with Gasteiger partial charge in [-0.15, -0.1) is 0 Å². The van der Waals surface area contributed by atoms with Crippen LogP contribution >= 0.6 is 0 Å². The molecule has 0 spiro atoms. The van der Waals surface area contributed by atoms with Crippen LogP contribution in [0.4, 0.5) is 5.69 Å². The topological polar surface area (TPSA) is 81.5 Å². The van der Waals surface area contributed by atoms with E-state index in [0.717, 1.165) is 11.1 Å². The largest absolute Gasteiger partial charge is 0.484 e. The fraction of sp³-hybridized carbons (Fsp3) is 0.188. The van der Waals surface area contributed by atoms with E-state index in [1.54, 1.807) is 6.07 Å². The van der Waals surface area contributed by atoms with Crippen LogP contribution in [0, 0.1) is 17.0 Å². The Kier molecular flexibility index (Phi) is 5.08. The van der Waals surface area contributed by atoms with Crippen molar-refractivity contribution in [2.45, 2.75) is 13.5 Å². The third-order valence-electron chi connectivity index (χ3n) is 3.14. The molecule has 0 saturated carbocycles. The van der Waals surface area contributed by atoms with Crippen LogP contribution in [0.1, 0.15) is 11.1 Å². The molecule has 2 aromatic rings. The lowest BCUT2D eigenvalue weighted by atomic mass is 10.1. The Bertz CT molecular complexity index is 685. The van der Waals surface area contributed by atoms with Gasteiger partial charge in [-0.1, -0.05) is 30.3 Å². The lowest BCUT2D eigenvalue weighted by Gasteiger charge is -2.09. The molecule has 0 aliphatic heterocycles. The van der Waals surface area contributed by atoms with Gasteiger partial charge in [-0.05, 0) is 24.1 Å². The summed E-state index contributed by atoms with van der Waals surface area (Å²) < 4.78 is 5.26. The molecule has 0 aliphatic rings. The van der Waals surface area contributed by atoms with Crippen LogP contribution in [0.5, 0.6) is 5.75 Å². The van der Waals surface area contributed by atoms with Crippen molar-refractivity contribution in [3.8, 4) is 5.75 Å². The van der Waals surface area contributed by atoms with E-state index in [-0.39, 0.29) is 18.2 Å². The number of nitro groups is 1. The Morgan fingerprint density at radius 1 is 1.23 bits per heavy atom. The average molecular weight is 300 g/mol. The molecule has 0 aromatic heterocycles. The highest BCUT2D eigenvalue weighted by atomic mass is 16.6. The molecule has 0 heterocycles. The molecule has 0 aliphatic carbocycles. The van der Waals surface area contributed by atoms with Gasteiger partial charge in [0, 0.05) is 12.6 Å². The number of benzene rings is 2. The van der Waals surface area contributed by atoms with Gasteiger partial charge in [0.25, 0.3) is 11.6 Å². The van der Waals surface area contributed by atoms with Gasteiger partial charge in [-0.3, -0.25) is 14.9 Å². The number of amides is 1. The van der Waals surface area contributed by atoms with Crippen molar-refractivity contribution in [2.24, 2.45) is 0 Å². The zero-order chi connectivity index (χ0) is 15.9. The Labute approximate surface area is 127 Å². The Hall–Kier alpha value is -2.89. The van der Waals surface area contributed by atoms with Gasteiger partial charge in [0.05, 0.1) is 11.0 Å². The van der Waals surface area contributed by atoms with E-state index in [0.29, 0.717) is 12.3 Å². The minimum Gasteiger partial charge on any atom is -0.484 e. The average Bonchev–Trinajstić information content (AvgIpc) is 2.52. The highest BCUT2D eigenvalue weighted by molar-refractivity contribution is 5.77. The summed E-state index contributed by atoms with van der Waals surface area (Å²) in [5.74, 6) is 0.00926. The number of nitrogens with zero attached hydrogens (tertiary/aromatic N) is 1. The monoisotopic (exact) mass is 300 g/mol. The van der Waals surface area contributed by atoms with Gasteiger partial charge in [0.1, 0.15) is 5.75 Å². The minimum atomic E-state index is -0.509. The molecule has 0 atom stereocenters. The number of aryl methyl sites for hydroxylation is 1. The smallest absolute Gasteiger partial charge is 0.273 e. The van der Waals surface area contributed by atoms with Crippen LogP contribution in [0.3, 0.4) is 0 Å². The Morgan fingerprint density at radius 3 is 2.73 bits per heavy atom. The number of carbonyl (C=O) groups is 1. The quantitative estimate of drug-likeness (QED) is 0.656. The number of nitrogens with one attached hydrogen (secondary N) is 1. The second-order valence-electron chi connectivity index (χ2n) is 4.75. The molecule has 2 aromatic carbocycles. The number of carbonyl (C=O) groups excluding carboxylic acids is 1. The summed E-state index contributed by atoms with van der Waals surface area (Å²) in [5, 5.41) is 13.4. The van der Waals surface area contributed by atoms with Crippen LogP contribution in [0.15, 0.2) is 48.5 Å². The normalized spacial score (nSPS) is 10.0. The SMILES string of the molecule is Cc1ccccc1CNC(=O)COc1cccc([N+](=O)[O-])c1. The summed E-state index contributed by atoms with van der Waals surface area (Å²) in [4.78, 5) is 21.9. The molecule has 6 heteroatoms. The molecule has 0 unspecified atom stereocenters. The molecular formula is C16H16N2O4. The van der Waals surface area contributed by atoms with Crippen molar-refractivity contribution in [3.05, 3.63) is 69.8 Å². The number of hydrogen-bond acceptors (Lipinski definition) is 4. The second kappa shape index (κ2) is 7.21. The molecule has 1 N–H and O–H groups in total. The Morgan fingerprint density at radius 2 is 2.00 bits per heavy atom. The van der Waals surface area contributed by atoms with E-state index in [4.69, 9.17) is 4.74 Å². The first-order valence-electron chi connectivity index (χ1n) is 6.75. The lowest BCUT2D eigenvalue weighted by Crippen LogP contribution is -2.28.